The Labute approximate surface area is 150 Å². The van der Waals surface area contributed by atoms with Gasteiger partial charge in [-0.1, -0.05) is 0 Å². The molecule has 2 saturated carbocycles. The number of hydrogen-bond acceptors (Lipinski definition) is 0. The van der Waals surface area contributed by atoms with Crippen molar-refractivity contribution in [1.82, 2.24) is 0 Å². The van der Waals surface area contributed by atoms with Gasteiger partial charge in [-0.25, -0.2) is 35.1 Å². The van der Waals surface area contributed by atoms with Crippen LogP contribution in [0, 0.1) is 11.3 Å². The van der Waals surface area contributed by atoms with Crippen molar-refractivity contribution in [1.29, 1.82) is 0 Å². The van der Waals surface area contributed by atoms with E-state index in [-0.39, 0.29) is 6.92 Å². The van der Waals surface area contributed by atoms with Gasteiger partial charge in [0.15, 0.2) is 11.7 Å². The Morgan fingerprint density at radius 3 is 1.38 bits per heavy atom. The molecule has 0 aliphatic heterocycles. The fourth-order valence-corrected chi connectivity index (χ4v) is 5.81. The van der Waals surface area contributed by atoms with Crippen LogP contribution in [0.1, 0.15) is 6.92 Å². The zero-order chi connectivity index (χ0) is 22.4. The molecule has 0 heterocycles. The molecule has 4 bridgehead atoms. The van der Waals surface area contributed by atoms with E-state index in [9.17, 15) is 43.9 Å². The summed E-state index contributed by atoms with van der Waals surface area (Å²) in [5.74, 6) is -35.5. The number of rotatable bonds is 0. The van der Waals surface area contributed by atoms with Gasteiger partial charge in [-0.2, -0.15) is 26.3 Å². The lowest BCUT2D eigenvalue weighted by molar-refractivity contribution is -0.318. The maximum absolute atomic E-state index is 15.5. The van der Waals surface area contributed by atoms with E-state index in [0.717, 1.165) is 0 Å². The number of allylic oxidation sites excluding steroid dienone is 4. The van der Waals surface area contributed by atoms with Crippen LogP contribution in [0.25, 0.3) is 0 Å². The second-order valence-electron chi connectivity index (χ2n) is 8.05. The first-order valence-corrected chi connectivity index (χ1v) is 7.76. The molecule has 2 fully saturated rings. The van der Waals surface area contributed by atoms with Gasteiger partial charge < -0.3 is 0 Å². The fourth-order valence-electron chi connectivity index (χ4n) is 5.81. The van der Waals surface area contributed by atoms with Gasteiger partial charge in [0.05, 0.1) is 11.3 Å². The first kappa shape index (κ1) is 19.5. The number of halogens is 14. The molecular weight excluding hydrogens is 446 g/mol. The van der Waals surface area contributed by atoms with Crippen molar-refractivity contribution < 1.29 is 61.5 Å². The van der Waals surface area contributed by atoms with Crippen LogP contribution in [0.3, 0.4) is 0 Å². The summed E-state index contributed by atoms with van der Waals surface area (Å²) >= 11 is 0. The average molecular weight is 450 g/mol. The highest BCUT2D eigenvalue weighted by molar-refractivity contribution is 5.75. The van der Waals surface area contributed by atoms with Crippen LogP contribution >= 0.6 is 0 Å². The summed E-state index contributed by atoms with van der Waals surface area (Å²) < 4.78 is 203. The van der Waals surface area contributed by atoms with E-state index in [1.807, 2.05) is 0 Å². The molecule has 14 heteroatoms. The standard InChI is InChI=1S/C15H4F14/c1-7-6(12(7,22)23)10(20)2-3(11(7,21)13(10,24)25)9(19)5(17)4(16)8(2,18)14(26,27)15(9,28)29/h6H,1H3. The Morgan fingerprint density at radius 1 is 0.586 bits per heavy atom. The lowest BCUT2D eigenvalue weighted by Gasteiger charge is -2.55. The molecule has 6 aliphatic rings. The van der Waals surface area contributed by atoms with E-state index in [0.29, 0.717) is 0 Å². The van der Waals surface area contributed by atoms with Crippen LogP contribution in [0.15, 0.2) is 22.8 Å². The normalized spacial score (nSPS) is 56.6. The molecule has 0 spiro atoms. The quantitative estimate of drug-likeness (QED) is 0.338. The van der Waals surface area contributed by atoms with E-state index >= 15 is 17.6 Å². The zero-order valence-corrected chi connectivity index (χ0v) is 13.4. The highest BCUT2D eigenvalue weighted by Gasteiger charge is 3.13. The van der Waals surface area contributed by atoms with Gasteiger partial charge in [0, 0.05) is 11.1 Å². The summed E-state index contributed by atoms with van der Waals surface area (Å²) in [6.07, 6.45) is 0. The van der Waals surface area contributed by atoms with E-state index in [2.05, 4.69) is 0 Å². The predicted octanol–water partition coefficient (Wildman–Crippen LogP) is 5.50. The van der Waals surface area contributed by atoms with Crippen LogP contribution < -0.4 is 0 Å². The number of fused-ring (bicyclic) bond motifs is 6. The summed E-state index contributed by atoms with van der Waals surface area (Å²) in [4.78, 5) is 0. The van der Waals surface area contributed by atoms with Crippen molar-refractivity contribution in [2.75, 3.05) is 0 Å². The predicted molar refractivity (Wildman–Crippen MR) is 63.0 cm³/mol. The highest BCUT2D eigenvalue weighted by Crippen LogP contribution is 2.94. The Morgan fingerprint density at radius 2 is 0.966 bits per heavy atom. The molecule has 0 aromatic carbocycles. The molecule has 0 nitrogen and oxygen atoms in total. The molecule has 162 valence electrons. The maximum Gasteiger partial charge on any atom is 0.358 e. The minimum atomic E-state index is -6.76. The Kier molecular flexibility index (Phi) is 2.54. The minimum Gasteiger partial charge on any atom is -0.231 e. The third-order valence-corrected chi connectivity index (χ3v) is 7.26. The molecule has 0 aromatic rings. The molecule has 6 atom stereocenters. The summed E-state index contributed by atoms with van der Waals surface area (Å²) in [5, 5.41) is 0. The molecule has 0 radical (unpaired) electrons. The van der Waals surface area contributed by atoms with Crippen molar-refractivity contribution >= 4 is 0 Å². The molecule has 29 heavy (non-hydrogen) atoms. The third-order valence-electron chi connectivity index (χ3n) is 7.26. The lowest BCUT2D eigenvalue weighted by Crippen LogP contribution is -2.76. The van der Waals surface area contributed by atoms with Gasteiger partial charge >= 0.3 is 17.8 Å². The third kappa shape index (κ3) is 1.08. The Balaban J connectivity index is 2.02. The molecule has 6 rings (SSSR count). The largest absolute Gasteiger partial charge is 0.358 e. The van der Waals surface area contributed by atoms with Gasteiger partial charge in [-0.05, 0) is 6.92 Å². The van der Waals surface area contributed by atoms with Crippen molar-refractivity contribution in [2.24, 2.45) is 11.3 Å². The summed E-state index contributed by atoms with van der Waals surface area (Å²) in [6.45, 7) is -0.124. The molecule has 0 amide bonds. The van der Waals surface area contributed by atoms with Gasteiger partial charge in [0.2, 0.25) is 11.3 Å². The van der Waals surface area contributed by atoms with Gasteiger partial charge in [-0.3, -0.25) is 0 Å². The molecule has 0 aromatic heterocycles. The van der Waals surface area contributed by atoms with Crippen LogP contribution in [0.4, 0.5) is 61.5 Å². The van der Waals surface area contributed by atoms with Crippen molar-refractivity contribution in [3.8, 4) is 0 Å². The summed E-state index contributed by atoms with van der Waals surface area (Å²) in [5.41, 5.74) is -34.0. The van der Waals surface area contributed by atoms with Crippen molar-refractivity contribution in [3.63, 3.8) is 0 Å². The van der Waals surface area contributed by atoms with E-state index in [1.165, 1.54) is 0 Å². The zero-order valence-electron chi connectivity index (χ0n) is 13.4. The first-order chi connectivity index (χ1) is 12.7. The molecule has 0 saturated heterocycles. The highest BCUT2D eigenvalue weighted by atomic mass is 19.3. The van der Waals surface area contributed by atoms with E-state index < -0.39 is 80.5 Å². The van der Waals surface area contributed by atoms with Gasteiger partial charge in [0.25, 0.3) is 17.3 Å². The topological polar surface area (TPSA) is 0 Å². The lowest BCUT2D eigenvalue weighted by atomic mass is 9.56. The van der Waals surface area contributed by atoms with Crippen LogP contribution in [-0.2, 0) is 0 Å². The van der Waals surface area contributed by atoms with Gasteiger partial charge in [0.1, 0.15) is 0 Å². The Hall–Kier alpha value is -1.50. The molecule has 6 unspecified atom stereocenters. The Bertz CT molecular complexity index is 993. The number of alkyl halides is 12. The summed E-state index contributed by atoms with van der Waals surface area (Å²) in [7, 11) is 0. The van der Waals surface area contributed by atoms with Crippen molar-refractivity contribution in [2.45, 2.75) is 53.3 Å². The monoisotopic (exact) mass is 450 g/mol. The van der Waals surface area contributed by atoms with E-state index in [4.69, 9.17) is 0 Å². The van der Waals surface area contributed by atoms with Gasteiger partial charge in [-0.15, -0.1) is 0 Å². The van der Waals surface area contributed by atoms with Crippen LogP contribution in [0.2, 0.25) is 0 Å². The second kappa shape index (κ2) is 3.78. The van der Waals surface area contributed by atoms with Crippen molar-refractivity contribution in [3.05, 3.63) is 22.8 Å². The molecular formula is C15H4F14. The SMILES string of the molecule is CC12C(C1(F)F)C1(F)C3=C(C4(F)C(F)=C(F)C3(F)C(F)(F)C4(F)F)C2(F)C1(F)F. The van der Waals surface area contributed by atoms with Crippen LogP contribution in [-0.4, -0.2) is 46.4 Å². The van der Waals surface area contributed by atoms with E-state index in [1.54, 1.807) is 0 Å². The summed E-state index contributed by atoms with van der Waals surface area (Å²) in [6, 6.07) is 0. The van der Waals surface area contributed by atoms with Crippen LogP contribution in [0.5, 0.6) is 0 Å². The average Bonchev–Trinajstić information content (AvgIpc) is 2.96. The molecule has 0 N–H and O–H groups in total. The number of hydrogen-bond donors (Lipinski definition) is 0. The fraction of sp³-hybridized carbons (Fsp3) is 0.733. The first-order valence-electron chi connectivity index (χ1n) is 7.76. The second-order valence-corrected chi connectivity index (χ2v) is 8.05. The maximum atomic E-state index is 15.5. The smallest absolute Gasteiger partial charge is 0.231 e. The molecule has 6 aliphatic carbocycles. The minimum absolute atomic E-state index is 0.124.